The molecule has 1 unspecified atom stereocenters. The van der Waals surface area contributed by atoms with Crippen molar-refractivity contribution in [2.24, 2.45) is 0 Å². The van der Waals surface area contributed by atoms with Crippen LogP contribution in [0.3, 0.4) is 0 Å². The minimum atomic E-state index is -4.01. The summed E-state index contributed by atoms with van der Waals surface area (Å²) in [5.41, 5.74) is -1.13. The topological polar surface area (TPSA) is 125 Å². The predicted octanol–water partition coefficient (Wildman–Crippen LogP) is 2.90. The monoisotopic (exact) mass is 553 g/mol. The lowest BCUT2D eigenvalue weighted by atomic mass is 10.1. The van der Waals surface area contributed by atoms with E-state index in [-0.39, 0.29) is 16.4 Å². The van der Waals surface area contributed by atoms with E-state index in [0.717, 1.165) is 9.37 Å². The molecule has 4 amide bonds. The molecular formula is C22H24BrN3O7S. The second-order valence-corrected chi connectivity index (χ2v) is 11.2. The number of carbonyl (C=O) groups is 3. The zero-order valence-electron chi connectivity index (χ0n) is 18.7. The highest BCUT2D eigenvalue weighted by Crippen LogP contribution is 2.28. The number of rotatable bonds is 9. The zero-order chi connectivity index (χ0) is 25.3. The van der Waals surface area contributed by atoms with Crippen LogP contribution in [0.4, 0.5) is 4.79 Å². The molecule has 1 aliphatic rings. The molecule has 182 valence electrons. The lowest BCUT2D eigenvalue weighted by Crippen LogP contribution is -2.48. The molecule has 12 heteroatoms. The van der Waals surface area contributed by atoms with Crippen molar-refractivity contribution in [1.29, 1.82) is 0 Å². The van der Waals surface area contributed by atoms with Crippen molar-refractivity contribution in [2.75, 3.05) is 19.3 Å². The molecule has 1 atom stereocenters. The van der Waals surface area contributed by atoms with Gasteiger partial charge in [-0.25, -0.2) is 18.3 Å². The van der Waals surface area contributed by atoms with Crippen molar-refractivity contribution in [3.05, 3.63) is 53.0 Å². The van der Waals surface area contributed by atoms with Gasteiger partial charge in [0.1, 0.15) is 17.0 Å². The minimum Gasteiger partial charge on any atom is -0.457 e. The van der Waals surface area contributed by atoms with Crippen LogP contribution in [-0.4, -0.2) is 77.8 Å². The zero-order valence-corrected chi connectivity index (χ0v) is 21.1. The molecule has 0 aromatic heterocycles. The number of hydrogen-bond donors (Lipinski definition) is 1. The minimum absolute atomic E-state index is 0.0369. The summed E-state index contributed by atoms with van der Waals surface area (Å²) in [5.74, 6) is -0.297. The molecule has 1 N–H and O–H groups in total. The number of urea groups is 1. The van der Waals surface area contributed by atoms with Gasteiger partial charge in [-0.1, -0.05) is 15.9 Å². The highest BCUT2D eigenvalue weighted by atomic mass is 79.9. The molecule has 1 heterocycles. The van der Waals surface area contributed by atoms with Crippen molar-refractivity contribution in [2.45, 2.75) is 30.3 Å². The smallest absolute Gasteiger partial charge is 0.327 e. The van der Waals surface area contributed by atoms with Crippen LogP contribution in [-0.2, 0) is 19.4 Å². The largest absolute Gasteiger partial charge is 0.457 e. The molecule has 34 heavy (non-hydrogen) atoms. The number of likely N-dealkylation sites (N-methyl/N-ethyl adjacent to an activating group) is 1. The fourth-order valence-corrected chi connectivity index (χ4v) is 5.13. The van der Waals surface area contributed by atoms with Gasteiger partial charge in [-0.3, -0.25) is 19.7 Å². The maximum absolute atomic E-state index is 13.0. The van der Waals surface area contributed by atoms with E-state index in [9.17, 15) is 28.0 Å². The maximum atomic E-state index is 13.0. The van der Waals surface area contributed by atoms with Crippen LogP contribution in [0.15, 0.2) is 57.9 Å². The molecule has 1 fully saturated rings. The van der Waals surface area contributed by atoms with Gasteiger partial charge in [-0.2, -0.15) is 0 Å². The number of ether oxygens (including phenoxy) is 1. The summed E-state index contributed by atoms with van der Waals surface area (Å²) >= 11 is 3.33. The predicted molar refractivity (Wildman–Crippen MR) is 125 cm³/mol. The summed E-state index contributed by atoms with van der Waals surface area (Å²) < 4.78 is 32.6. The number of imide groups is 1. The van der Waals surface area contributed by atoms with Gasteiger partial charge in [0.15, 0.2) is 9.84 Å². The van der Waals surface area contributed by atoms with Crippen LogP contribution >= 0.6 is 15.9 Å². The second kappa shape index (κ2) is 9.72. The van der Waals surface area contributed by atoms with E-state index in [1.54, 1.807) is 38.1 Å². The molecule has 1 aliphatic heterocycles. The van der Waals surface area contributed by atoms with E-state index < -0.39 is 45.7 Å². The summed E-state index contributed by atoms with van der Waals surface area (Å²) in [4.78, 5) is 38.3. The van der Waals surface area contributed by atoms with Crippen LogP contribution in [0.25, 0.3) is 0 Å². The molecule has 2 aromatic carbocycles. The number of hydrogen-bond acceptors (Lipinski definition) is 7. The van der Waals surface area contributed by atoms with E-state index in [4.69, 9.17) is 4.74 Å². The Hall–Kier alpha value is -2.96. The second-order valence-electron chi connectivity index (χ2n) is 8.26. The molecule has 1 saturated heterocycles. The Morgan fingerprint density at radius 3 is 2.09 bits per heavy atom. The Labute approximate surface area is 205 Å². The Morgan fingerprint density at radius 1 is 1.09 bits per heavy atom. The lowest BCUT2D eigenvalue weighted by Gasteiger charge is -2.26. The first-order valence-electron chi connectivity index (χ1n) is 10.2. The molecule has 0 saturated carbocycles. The molecule has 0 aliphatic carbocycles. The third-order valence-electron chi connectivity index (χ3n) is 5.64. The number of halogens is 1. The van der Waals surface area contributed by atoms with Crippen LogP contribution in [0.1, 0.15) is 13.8 Å². The van der Waals surface area contributed by atoms with Gasteiger partial charge in [0.05, 0.1) is 23.2 Å². The van der Waals surface area contributed by atoms with Crippen LogP contribution < -0.4 is 4.74 Å². The number of nitrogens with zero attached hydrogens (tertiary/aromatic N) is 3. The van der Waals surface area contributed by atoms with E-state index in [2.05, 4.69) is 15.9 Å². The lowest BCUT2D eigenvalue weighted by molar-refractivity contribution is -0.160. The summed E-state index contributed by atoms with van der Waals surface area (Å²) in [6, 6.07) is 10.7. The number of sulfone groups is 1. The average Bonchev–Trinajstić information content (AvgIpc) is 2.94. The van der Waals surface area contributed by atoms with E-state index in [1.165, 1.54) is 36.2 Å². The van der Waals surface area contributed by atoms with Gasteiger partial charge >= 0.3 is 6.03 Å². The van der Waals surface area contributed by atoms with Gasteiger partial charge in [0.2, 0.25) is 6.41 Å². The summed E-state index contributed by atoms with van der Waals surface area (Å²) in [7, 11) is -2.57. The van der Waals surface area contributed by atoms with Crippen molar-refractivity contribution in [1.82, 2.24) is 14.9 Å². The molecular weight excluding hydrogens is 530 g/mol. The summed E-state index contributed by atoms with van der Waals surface area (Å²) in [6.45, 7) is 2.62. The third kappa shape index (κ3) is 5.24. The van der Waals surface area contributed by atoms with Crippen molar-refractivity contribution in [3.63, 3.8) is 0 Å². The fourth-order valence-electron chi connectivity index (χ4n) is 3.35. The number of amides is 4. The van der Waals surface area contributed by atoms with E-state index >= 15 is 0 Å². The van der Waals surface area contributed by atoms with Gasteiger partial charge in [0.25, 0.3) is 5.91 Å². The van der Waals surface area contributed by atoms with E-state index in [0.29, 0.717) is 11.5 Å². The Balaban J connectivity index is 1.77. The fraction of sp³-hybridized carbons (Fsp3) is 0.318. The normalized spacial score (nSPS) is 16.5. The first-order valence-corrected chi connectivity index (χ1v) is 12.6. The van der Waals surface area contributed by atoms with Crippen LogP contribution in [0.2, 0.25) is 0 Å². The molecule has 3 rings (SSSR count). The van der Waals surface area contributed by atoms with E-state index in [1.807, 2.05) is 0 Å². The van der Waals surface area contributed by atoms with Crippen molar-refractivity contribution < 1.29 is 32.7 Å². The maximum Gasteiger partial charge on any atom is 0.327 e. The Kier molecular flexibility index (Phi) is 7.34. The SMILES string of the molecule is CN1C(=O)N(CC(CS(=O)(=O)c2ccc(Oc3ccc(Br)cc3)cc2)N(O)C=O)C(=O)C1(C)C. The van der Waals surface area contributed by atoms with Crippen LogP contribution in [0.5, 0.6) is 11.5 Å². The first-order chi connectivity index (χ1) is 15.9. The molecule has 2 aromatic rings. The van der Waals surface area contributed by atoms with Gasteiger partial charge in [-0.05, 0) is 62.4 Å². The van der Waals surface area contributed by atoms with Crippen molar-refractivity contribution in [3.8, 4) is 11.5 Å². The quantitative estimate of drug-likeness (QED) is 0.219. The van der Waals surface area contributed by atoms with Crippen LogP contribution in [0, 0.1) is 0 Å². The van der Waals surface area contributed by atoms with Gasteiger partial charge < -0.3 is 9.64 Å². The molecule has 0 radical (unpaired) electrons. The highest BCUT2D eigenvalue weighted by Gasteiger charge is 2.50. The Bertz CT molecular complexity index is 1180. The molecule has 0 bridgehead atoms. The summed E-state index contributed by atoms with van der Waals surface area (Å²) in [5, 5.41) is 10.2. The number of benzene rings is 2. The van der Waals surface area contributed by atoms with Gasteiger partial charge in [0, 0.05) is 11.5 Å². The van der Waals surface area contributed by atoms with Gasteiger partial charge in [-0.15, -0.1) is 0 Å². The molecule has 0 spiro atoms. The average molecular weight is 554 g/mol. The first kappa shape index (κ1) is 25.7. The number of carbonyl (C=O) groups excluding carboxylic acids is 3. The molecule has 10 nitrogen and oxygen atoms in total. The standard InChI is InChI=1S/C22H24BrN3O7S/c1-22(2)20(28)25(21(29)24(22)3)12-16(26(30)14-27)13-34(31,32)19-10-8-18(9-11-19)33-17-6-4-15(23)5-7-17/h4-11,14,16,30H,12-13H2,1-3H3. The highest BCUT2D eigenvalue weighted by molar-refractivity contribution is 9.10. The third-order valence-corrected chi connectivity index (χ3v) is 7.99. The Morgan fingerprint density at radius 2 is 1.62 bits per heavy atom. The number of hydroxylamine groups is 2. The van der Waals surface area contributed by atoms with Crippen molar-refractivity contribution >= 4 is 44.1 Å². The summed E-state index contributed by atoms with van der Waals surface area (Å²) in [6.07, 6.45) is 0.0369.